The van der Waals surface area contributed by atoms with Crippen molar-refractivity contribution < 1.29 is 37.8 Å². The van der Waals surface area contributed by atoms with Gasteiger partial charge in [0.05, 0.1) is 12.9 Å². The fourth-order valence-corrected chi connectivity index (χ4v) is 4.00. The standard InChI is InChI=1S/C32H45FN2O7/c1-21(20-22(2)26-17-18-27(40-8)31(39)42-26)12-9-10-14-28(37)35-29(32(5,6)7)30(38)34-19-11-13-25(41-24(4)36)16-15-23(3)33/h9-12,14-15,18-20,22,25-26,29H,13,16-17H2,1-8H3,(H,34,38)(H,35,37)/b12-9-,14-10-,19-11-,21-20+,23-15+/t22-,25+,26-,29?/m0/s1. The van der Waals surface area contributed by atoms with Gasteiger partial charge in [0.25, 0.3) is 0 Å². The van der Waals surface area contributed by atoms with Crippen molar-refractivity contribution in [3.63, 3.8) is 0 Å². The maximum atomic E-state index is 13.1. The molecule has 2 amide bonds. The first-order valence-corrected chi connectivity index (χ1v) is 13.9. The molecule has 0 saturated heterocycles. The SMILES string of the molecule is COC1=CC[C@@H]([C@@H](C)/C=C(C)/C=C\C=C/C(=O)NC(C(=O)N/C=C\C[C@H](C/C=C(\C)F)OC(C)=O)C(C)(C)C)OC1=O. The van der Waals surface area contributed by atoms with E-state index in [1.807, 2.05) is 46.8 Å². The molecule has 0 bridgehead atoms. The van der Waals surface area contributed by atoms with Crippen LogP contribution in [-0.2, 0) is 33.4 Å². The average molecular weight is 589 g/mol. The number of cyclic esters (lactones) is 1. The molecule has 0 radical (unpaired) electrons. The normalized spacial score (nSPS) is 18.8. The number of rotatable bonds is 14. The van der Waals surface area contributed by atoms with Crippen molar-refractivity contribution in [3.05, 3.63) is 72.0 Å². The second kappa shape index (κ2) is 17.8. The fourth-order valence-electron chi connectivity index (χ4n) is 4.00. The van der Waals surface area contributed by atoms with E-state index in [0.29, 0.717) is 6.42 Å². The number of carbonyl (C=O) groups is 4. The molecular weight excluding hydrogens is 543 g/mol. The number of halogens is 1. The molecular formula is C32H45FN2O7. The summed E-state index contributed by atoms with van der Waals surface area (Å²) >= 11 is 0. The number of carbonyl (C=O) groups excluding carboxylic acids is 4. The van der Waals surface area contributed by atoms with Gasteiger partial charge in [-0.05, 0) is 37.6 Å². The second-order valence-electron chi connectivity index (χ2n) is 11.2. The van der Waals surface area contributed by atoms with Gasteiger partial charge >= 0.3 is 11.9 Å². The summed E-state index contributed by atoms with van der Waals surface area (Å²) in [6.45, 7) is 11.9. The molecule has 42 heavy (non-hydrogen) atoms. The summed E-state index contributed by atoms with van der Waals surface area (Å²) in [5.41, 5.74) is 0.341. The highest BCUT2D eigenvalue weighted by Gasteiger charge is 2.32. The Kier molecular flexibility index (Phi) is 15.3. The third-order valence-electron chi connectivity index (χ3n) is 6.20. The summed E-state index contributed by atoms with van der Waals surface area (Å²) in [5.74, 6) is -1.98. The third kappa shape index (κ3) is 14.1. The van der Waals surface area contributed by atoms with E-state index in [1.165, 1.54) is 39.3 Å². The van der Waals surface area contributed by atoms with Crippen LogP contribution in [0.15, 0.2) is 72.0 Å². The molecule has 10 heteroatoms. The minimum atomic E-state index is -0.835. The number of hydrogen-bond acceptors (Lipinski definition) is 7. The summed E-state index contributed by atoms with van der Waals surface area (Å²) in [4.78, 5) is 48.6. The first kappa shape index (κ1) is 36.1. The lowest BCUT2D eigenvalue weighted by molar-refractivity contribution is -0.151. The van der Waals surface area contributed by atoms with Crippen molar-refractivity contribution in [1.82, 2.24) is 10.6 Å². The maximum Gasteiger partial charge on any atom is 0.373 e. The largest absolute Gasteiger partial charge is 0.490 e. The van der Waals surface area contributed by atoms with Crippen LogP contribution in [0.25, 0.3) is 0 Å². The van der Waals surface area contributed by atoms with E-state index in [-0.39, 0.29) is 36.4 Å². The molecule has 1 heterocycles. The molecule has 0 aromatic rings. The van der Waals surface area contributed by atoms with Crippen LogP contribution in [0.5, 0.6) is 0 Å². The predicted molar refractivity (Wildman–Crippen MR) is 159 cm³/mol. The van der Waals surface area contributed by atoms with Crippen LogP contribution in [0.2, 0.25) is 0 Å². The van der Waals surface area contributed by atoms with Crippen molar-refractivity contribution in [1.29, 1.82) is 0 Å². The van der Waals surface area contributed by atoms with E-state index in [4.69, 9.17) is 14.2 Å². The molecule has 0 aromatic carbocycles. The number of nitrogens with one attached hydrogen (secondary N) is 2. The summed E-state index contributed by atoms with van der Waals surface area (Å²) in [7, 11) is 1.43. The van der Waals surface area contributed by atoms with Crippen LogP contribution < -0.4 is 10.6 Å². The Morgan fingerprint density at radius 3 is 2.38 bits per heavy atom. The van der Waals surface area contributed by atoms with Gasteiger partial charge in [-0.15, -0.1) is 0 Å². The number of esters is 2. The Morgan fingerprint density at radius 1 is 1.14 bits per heavy atom. The lowest BCUT2D eigenvalue weighted by atomic mass is 9.86. The molecule has 4 atom stereocenters. The smallest absolute Gasteiger partial charge is 0.373 e. The lowest BCUT2D eigenvalue weighted by Crippen LogP contribution is -2.52. The van der Waals surface area contributed by atoms with Crippen LogP contribution in [0.3, 0.4) is 0 Å². The number of hydrogen-bond donors (Lipinski definition) is 2. The first-order valence-electron chi connectivity index (χ1n) is 13.9. The molecule has 1 unspecified atom stereocenters. The van der Waals surface area contributed by atoms with Crippen molar-refractivity contribution >= 4 is 23.8 Å². The van der Waals surface area contributed by atoms with Crippen molar-refractivity contribution in [2.45, 2.75) is 86.0 Å². The number of ether oxygens (including phenoxy) is 3. The zero-order valence-electron chi connectivity index (χ0n) is 25.9. The predicted octanol–water partition coefficient (Wildman–Crippen LogP) is 5.27. The molecule has 1 aliphatic heterocycles. The van der Waals surface area contributed by atoms with Crippen molar-refractivity contribution in [2.75, 3.05) is 7.11 Å². The fraction of sp³-hybridized carbons (Fsp3) is 0.500. The molecule has 1 aliphatic rings. The average Bonchev–Trinajstić information content (AvgIpc) is 2.89. The first-order chi connectivity index (χ1) is 19.6. The van der Waals surface area contributed by atoms with Crippen LogP contribution in [0.1, 0.15) is 67.7 Å². The maximum absolute atomic E-state index is 13.1. The molecule has 0 spiro atoms. The second-order valence-corrected chi connectivity index (χ2v) is 11.2. The topological polar surface area (TPSA) is 120 Å². The minimum absolute atomic E-state index is 0.0237. The molecule has 1 rings (SSSR count). The Balaban J connectivity index is 2.70. The Hall–Kier alpha value is -3.95. The zero-order chi connectivity index (χ0) is 31.9. The van der Waals surface area contributed by atoms with Crippen LogP contribution in [-0.4, -0.2) is 49.1 Å². The molecule has 0 fully saturated rings. The number of methoxy groups -OCH3 is 1. The van der Waals surface area contributed by atoms with Gasteiger partial charge in [-0.25, -0.2) is 9.18 Å². The quantitative estimate of drug-likeness (QED) is 0.161. The van der Waals surface area contributed by atoms with Gasteiger partial charge in [0.1, 0.15) is 18.2 Å². The molecule has 2 N–H and O–H groups in total. The van der Waals surface area contributed by atoms with Crippen molar-refractivity contribution in [2.24, 2.45) is 11.3 Å². The van der Waals surface area contributed by atoms with E-state index in [1.54, 1.807) is 24.3 Å². The van der Waals surface area contributed by atoms with Crippen molar-refractivity contribution in [3.8, 4) is 0 Å². The Labute approximate surface area is 248 Å². The van der Waals surface area contributed by atoms with Gasteiger partial charge in [-0.2, -0.15) is 0 Å². The number of amides is 2. The van der Waals surface area contributed by atoms with Gasteiger partial charge in [0, 0.05) is 38.2 Å². The summed E-state index contributed by atoms with van der Waals surface area (Å²) in [6.07, 6.45) is 14.7. The van der Waals surface area contributed by atoms with E-state index < -0.39 is 41.3 Å². The highest BCUT2D eigenvalue weighted by Crippen LogP contribution is 2.23. The summed E-state index contributed by atoms with van der Waals surface area (Å²) < 4.78 is 28.6. The highest BCUT2D eigenvalue weighted by atomic mass is 19.1. The van der Waals surface area contributed by atoms with Crippen LogP contribution >= 0.6 is 0 Å². The van der Waals surface area contributed by atoms with Gasteiger partial charge in [-0.3, -0.25) is 14.4 Å². The Bertz CT molecular complexity index is 1140. The van der Waals surface area contributed by atoms with Crippen LogP contribution in [0, 0.1) is 11.3 Å². The zero-order valence-corrected chi connectivity index (χ0v) is 25.9. The molecule has 0 aromatic heterocycles. The molecule has 0 saturated carbocycles. The third-order valence-corrected chi connectivity index (χ3v) is 6.20. The van der Waals surface area contributed by atoms with Gasteiger partial charge in [0.2, 0.25) is 11.8 Å². The van der Waals surface area contributed by atoms with E-state index in [0.717, 1.165) is 5.57 Å². The lowest BCUT2D eigenvalue weighted by Gasteiger charge is -2.29. The van der Waals surface area contributed by atoms with Gasteiger partial charge in [0.15, 0.2) is 5.76 Å². The highest BCUT2D eigenvalue weighted by molar-refractivity contribution is 5.93. The van der Waals surface area contributed by atoms with Gasteiger partial charge in [-0.1, -0.05) is 63.6 Å². The van der Waals surface area contributed by atoms with Gasteiger partial charge < -0.3 is 24.8 Å². The molecule has 9 nitrogen and oxygen atoms in total. The minimum Gasteiger partial charge on any atom is -0.490 e. The molecule has 232 valence electrons. The van der Waals surface area contributed by atoms with E-state index >= 15 is 0 Å². The molecule has 0 aliphatic carbocycles. The van der Waals surface area contributed by atoms with E-state index in [9.17, 15) is 23.6 Å². The summed E-state index contributed by atoms with van der Waals surface area (Å²) in [6, 6.07) is -0.835. The van der Waals surface area contributed by atoms with E-state index in [2.05, 4.69) is 10.6 Å². The van der Waals surface area contributed by atoms with Crippen LogP contribution in [0.4, 0.5) is 4.39 Å². The summed E-state index contributed by atoms with van der Waals surface area (Å²) in [5, 5.41) is 5.39. The monoisotopic (exact) mass is 588 g/mol. The Morgan fingerprint density at radius 2 is 1.81 bits per heavy atom. The number of allylic oxidation sites excluding steroid dienone is 5.